The first kappa shape index (κ1) is 17.6. The molecule has 0 radical (unpaired) electrons. The maximum Gasteiger partial charge on any atom is 0.392 e. The van der Waals surface area contributed by atoms with Crippen molar-refractivity contribution in [3.05, 3.63) is 35.6 Å². The number of carbonyl (C=O) groups is 2. The Bertz CT molecular complexity index is 840. The Kier molecular flexibility index (Phi) is 4.41. The summed E-state index contributed by atoms with van der Waals surface area (Å²) in [4.78, 5) is 34.5. The van der Waals surface area contributed by atoms with Gasteiger partial charge < -0.3 is 0 Å². The first-order valence-electron chi connectivity index (χ1n) is 9.24. The van der Waals surface area contributed by atoms with Gasteiger partial charge in [-0.3, -0.25) is 19.2 Å². The second-order valence-corrected chi connectivity index (χ2v) is 7.21. The second-order valence-electron chi connectivity index (χ2n) is 7.21. The average molecular weight is 372 g/mol. The van der Waals surface area contributed by atoms with Gasteiger partial charge in [0.05, 0.1) is 19.6 Å². The van der Waals surface area contributed by atoms with E-state index in [1.165, 1.54) is 30.5 Å². The van der Waals surface area contributed by atoms with Gasteiger partial charge in [-0.2, -0.15) is 0 Å². The highest BCUT2D eigenvalue weighted by Crippen LogP contribution is 2.25. The lowest BCUT2D eigenvalue weighted by Crippen LogP contribution is -2.62. The number of rotatable bonds is 2. The van der Waals surface area contributed by atoms with Crippen LogP contribution in [-0.2, 0) is 11.3 Å². The van der Waals surface area contributed by atoms with Crippen molar-refractivity contribution in [2.45, 2.75) is 31.8 Å². The number of amides is 3. The summed E-state index contributed by atoms with van der Waals surface area (Å²) in [5.41, 5.74) is 0.886. The van der Waals surface area contributed by atoms with E-state index >= 15 is 0 Å². The van der Waals surface area contributed by atoms with E-state index < -0.39 is 6.04 Å². The van der Waals surface area contributed by atoms with Gasteiger partial charge in [0, 0.05) is 14.1 Å². The second kappa shape index (κ2) is 6.75. The minimum absolute atomic E-state index is 0.286. The molecule has 0 saturated carbocycles. The fourth-order valence-corrected chi connectivity index (χ4v) is 3.88. The Morgan fingerprint density at radius 1 is 1.07 bits per heavy atom. The summed E-state index contributed by atoms with van der Waals surface area (Å²) in [6.07, 6.45) is 3.33. The smallest absolute Gasteiger partial charge is 0.270 e. The number of aliphatic imine (C=N–C) groups is 1. The maximum absolute atomic E-state index is 13.3. The molecule has 3 amide bonds. The molecule has 3 aliphatic rings. The average Bonchev–Trinajstić information content (AvgIpc) is 3.06. The molecule has 1 aromatic rings. The molecular weight excluding hydrogens is 349 g/mol. The minimum Gasteiger partial charge on any atom is -0.270 e. The maximum atomic E-state index is 13.3. The number of hydrogen-bond acceptors (Lipinski definition) is 2. The van der Waals surface area contributed by atoms with Crippen LogP contribution >= 0.6 is 0 Å². The molecule has 0 aromatic heterocycles. The lowest BCUT2D eigenvalue weighted by Gasteiger charge is -2.33. The van der Waals surface area contributed by atoms with Gasteiger partial charge in [0.1, 0.15) is 5.82 Å². The topological polar surface area (TPSA) is 59.2 Å². The summed E-state index contributed by atoms with van der Waals surface area (Å²) in [6.45, 7) is 2.17. The Hall–Kier alpha value is -2.77. The molecule has 1 aromatic carbocycles. The van der Waals surface area contributed by atoms with E-state index in [4.69, 9.17) is 4.99 Å². The van der Waals surface area contributed by atoms with E-state index in [1.54, 1.807) is 19.2 Å². The van der Waals surface area contributed by atoms with E-state index in [-0.39, 0.29) is 17.8 Å². The first-order chi connectivity index (χ1) is 13.0. The Morgan fingerprint density at radius 3 is 2.41 bits per heavy atom. The first-order valence-corrected chi connectivity index (χ1v) is 9.24. The zero-order chi connectivity index (χ0) is 19.1. The Balaban J connectivity index is 1.76. The van der Waals surface area contributed by atoms with Crippen molar-refractivity contribution in [2.24, 2.45) is 4.99 Å². The summed E-state index contributed by atoms with van der Waals surface area (Å²) in [7, 11) is 3.14. The molecule has 142 valence electrons. The summed E-state index contributed by atoms with van der Waals surface area (Å²) in [5.74, 6) is 0.607. The lowest BCUT2D eigenvalue weighted by atomic mass is 10.1. The molecule has 0 N–H and O–H groups in total. The molecular formula is C19H23FN5O2+. The number of halogens is 1. The number of urea groups is 1. The monoisotopic (exact) mass is 372 g/mol. The summed E-state index contributed by atoms with van der Waals surface area (Å²) in [5, 5.41) is 0. The normalized spacial score (nSPS) is 23.1. The molecule has 1 unspecified atom stereocenters. The molecule has 3 aliphatic heterocycles. The number of nitrogens with zero attached hydrogens (tertiary/aromatic N) is 5. The molecule has 0 spiro atoms. The van der Waals surface area contributed by atoms with Gasteiger partial charge in [0.15, 0.2) is 0 Å². The van der Waals surface area contributed by atoms with Crippen LogP contribution in [0.4, 0.5) is 9.18 Å². The van der Waals surface area contributed by atoms with Crippen LogP contribution < -0.4 is 0 Å². The minimum atomic E-state index is -0.639. The third-order valence-corrected chi connectivity index (χ3v) is 5.41. The molecule has 3 heterocycles. The zero-order valence-electron chi connectivity index (χ0n) is 15.6. The lowest BCUT2D eigenvalue weighted by molar-refractivity contribution is -0.542. The van der Waals surface area contributed by atoms with E-state index in [0.29, 0.717) is 12.4 Å². The predicted octanol–water partition coefficient (Wildman–Crippen LogP) is 1.48. The Morgan fingerprint density at radius 2 is 1.74 bits per heavy atom. The predicted molar refractivity (Wildman–Crippen MR) is 97.9 cm³/mol. The highest BCUT2D eigenvalue weighted by atomic mass is 19.1. The van der Waals surface area contributed by atoms with Crippen LogP contribution in [0, 0.1) is 5.82 Å². The highest BCUT2D eigenvalue weighted by molar-refractivity contribution is 6.25. The number of likely N-dealkylation sites (N-methyl/N-ethyl adjacent to an activating group) is 2. The zero-order valence-corrected chi connectivity index (χ0v) is 15.6. The van der Waals surface area contributed by atoms with E-state index in [1.807, 2.05) is 4.90 Å². The summed E-state index contributed by atoms with van der Waals surface area (Å²) < 4.78 is 15.5. The van der Waals surface area contributed by atoms with Crippen LogP contribution in [0.2, 0.25) is 0 Å². The van der Waals surface area contributed by atoms with Gasteiger partial charge >= 0.3 is 12.0 Å². The van der Waals surface area contributed by atoms with Gasteiger partial charge in [-0.05, 0) is 37.0 Å². The van der Waals surface area contributed by atoms with Gasteiger partial charge in [0.25, 0.3) is 5.91 Å². The van der Waals surface area contributed by atoms with Crippen LogP contribution in [0.15, 0.2) is 29.3 Å². The third kappa shape index (κ3) is 2.98. The van der Waals surface area contributed by atoms with Crippen LogP contribution in [0.3, 0.4) is 0 Å². The number of imide groups is 1. The molecule has 7 nitrogen and oxygen atoms in total. The number of benzene rings is 1. The van der Waals surface area contributed by atoms with Gasteiger partial charge in [-0.15, -0.1) is 0 Å². The van der Waals surface area contributed by atoms with Crippen LogP contribution in [0.25, 0.3) is 0 Å². The fourth-order valence-electron chi connectivity index (χ4n) is 3.88. The molecule has 0 bridgehead atoms. The van der Waals surface area contributed by atoms with E-state index in [2.05, 4.69) is 4.58 Å². The van der Waals surface area contributed by atoms with Crippen LogP contribution in [0.1, 0.15) is 24.8 Å². The summed E-state index contributed by atoms with van der Waals surface area (Å²) in [6, 6.07) is 5.24. The highest BCUT2D eigenvalue weighted by Gasteiger charge is 2.55. The molecule has 4 rings (SSSR count). The van der Waals surface area contributed by atoms with E-state index in [9.17, 15) is 14.0 Å². The van der Waals surface area contributed by atoms with Crippen molar-refractivity contribution in [3.8, 4) is 0 Å². The van der Waals surface area contributed by atoms with Crippen molar-refractivity contribution in [1.29, 1.82) is 0 Å². The number of carbonyl (C=O) groups excluding carboxylic acids is 2. The van der Waals surface area contributed by atoms with Crippen LogP contribution in [-0.4, -0.2) is 76.2 Å². The van der Waals surface area contributed by atoms with Crippen molar-refractivity contribution in [3.63, 3.8) is 0 Å². The number of amidine groups is 1. The SMILES string of the molecule is CN1C(=O)C2C(=NC(=[N+]3CCCCC3)N2Cc2ccc(F)cc2)N(C)C1=O. The Labute approximate surface area is 157 Å². The third-order valence-electron chi connectivity index (χ3n) is 5.41. The van der Waals surface area contributed by atoms with Crippen molar-refractivity contribution >= 4 is 23.7 Å². The number of hydrogen-bond donors (Lipinski definition) is 0. The van der Waals surface area contributed by atoms with Gasteiger partial charge in [0.2, 0.25) is 11.9 Å². The van der Waals surface area contributed by atoms with Crippen molar-refractivity contribution < 1.29 is 18.6 Å². The fraction of sp³-hybridized carbons (Fsp3) is 0.474. The summed E-state index contributed by atoms with van der Waals surface area (Å²) >= 11 is 0. The van der Waals surface area contributed by atoms with Crippen LogP contribution in [0.5, 0.6) is 0 Å². The van der Waals surface area contributed by atoms with E-state index in [0.717, 1.165) is 42.4 Å². The molecule has 27 heavy (non-hydrogen) atoms. The number of piperidine rings is 1. The standard InChI is InChI=1S/C19H23FN5O2/c1-22-16-15(17(26)23(2)19(22)27)25(12-13-6-8-14(20)9-7-13)18(21-16)24-10-4-3-5-11-24/h6-9,15H,3-5,10-12H2,1-2H3/q+1. The molecule has 2 saturated heterocycles. The molecule has 8 heteroatoms. The largest absolute Gasteiger partial charge is 0.392 e. The number of guanidine groups is 1. The molecule has 0 aliphatic carbocycles. The number of fused-ring (bicyclic) bond motifs is 1. The van der Waals surface area contributed by atoms with Crippen molar-refractivity contribution in [1.82, 2.24) is 14.7 Å². The molecule has 1 atom stereocenters. The van der Waals surface area contributed by atoms with Crippen molar-refractivity contribution in [2.75, 3.05) is 27.2 Å². The van der Waals surface area contributed by atoms with Gasteiger partial charge in [-0.25, -0.2) is 14.1 Å². The van der Waals surface area contributed by atoms with Gasteiger partial charge in [-0.1, -0.05) is 17.1 Å². The quantitative estimate of drug-likeness (QED) is 0.739. The molecule has 2 fully saturated rings.